The Morgan fingerprint density at radius 1 is 1.15 bits per heavy atom. The molecule has 3 nitrogen and oxygen atoms in total. The van der Waals surface area contributed by atoms with E-state index in [0.717, 1.165) is 25.7 Å². The first-order valence-electron chi connectivity index (χ1n) is 4.69. The molecule has 0 aromatic heterocycles. The summed E-state index contributed by atoms with van der Waals surface area (Å²) in [5.74, 6) is 0. The van der Waals surface area contributed by atoms with Crippen molar-refractivity contribution in [3.8, 4) is 0 Å². The van der Waals surface area contributed by atoms with Crippen LogP contribution in [0.25, 0.3) is 0 Å². The molecule has 0 amide bonds. The molecule has 0 unspecified atom stereocenters. The highest BCUT2D eigenvalue weighted by molar-refractivity contribution is 8.11. The monoisotopic (exact) mass is 225 g/mol. The first-order valence-corrected chi connectivity index (χ1v) is 6.96. The summed E-state index contributed by atoms with van der Waals surface area (Å²) in [6.45, 7) is 0. The van der Waals surface area contributed by atoms with Gasteiger partial charge in [-0.2, -0.15) is 12.7 Å². The Balaban J connectivity index is 2.59. The highest BCUT2D eigenvalue weighted by Gasteiger charge is 2.24. The van der Waals surface area contributed by atoms with E-state index < -0.39 is 9.24 Å². The first-order chi connectivity index (χ1) is 6.02. The fourth-order valence-electron chi connectivity index (χ4n) is 1.80. The molecule has 0 bridgehead atoms. The number of hydrogen-bond donors (Lipinski definition) is 0. The highest BCUT2D eigenvalue weighted by Crippen LogP contribution is 2.23. The van der Waals surface area contributed by atoms with Crippen LogP contribution in [0.1, 0.15) is 38.5 Å². The van der Waals surface area contributed by atoms with Gasteiger partial charge < -0.3 is 0 Å². The van der Waals surface area contributed by atoms with Gasteiger partial charge in [0.05, 0.1) is 0 Å². The molecule has 13 heavy (non-hydrogen) atoms. The zero-order valence-electron chi connectivity index (χ0n) is 7.87. The van der Waals surface area contributed by atoms with Gasteiger partial charge in [-0.05, 0) is 12.8 Å². The van der Waals surface area contributed by atoms with Gasteiger partial charge in [0, 0.05) is 23.8 Å². The number of halogens is 1. The zero-order valence-corrected chi connectivity index (χ0v) is 9.44. The Morgan fingerprint density at radius 2 is 1.62 bits per heavy atom. The molecule has 0 atom stereocenters. The SMILES string of the molecule is CN(C1CCCCCC1)S(=O)(=O)Cl. The van der Waals surface area contributed by atoms with Crippen LogP contribution in [0, 0.1) is 0 Å². The van der Waals surface area contributed by atoms with Crippen molar-refractivity contribution in [3.63, 3.8) is 0 Å². The molecule has 0 N–H and O–H groups in total. The average Bonchev–Trinajstić information content (AvgIpc) is 2.28. The van der Waals surface area contributed by atoms with Gasteiger partial charge in [0.15, 0.2) is 0 Å². The van der Waals surface area contributed by atoms with Crippen LogP contribution in [0.15, 0.2) is 0 Å². The van der Waals surface area contributed by atoms with Crippen molar-refractivity contribution in [2.45, 2.75) is 44.6 Å². The number of nitrogens with zero attached hydrogens (tertiary/aromatic N) is 1. The molecule has 0 radical (unpaired) electrons. The Bertz CT molecular complexity index is 245. The topological polar surface area (TPSA) is 37.4 Å². The van der Waals surface area contributed by atoms with Gasteiger partial charge in [-0.1, -0.05) is 25.7 Å². The molecule has 1 rings (SSSR count). The van der Waals surface area contributed by atoms with E-state index in [4.69, 9.17) is 10.7 Å². The molecule has 5 heteroatoms. The van der Waals surface area contributed by atoms with Crippen LogP contribution in [0.5, 0.6) is 0 Å². The third kappa shape index (κ3) is 3.44. The Kier molecular flexibility index (Phi) is 4.01. The van der Waals surface area contributed by atoms with E-state index in [1.54, 1.807) is 7.05 Å². The van der Waals surface area contributed by atoms with Gasteiger partial charge in [0.1, 0.15) is 0 Å². The zero-order chi connectivity index (χ0) is 9.90. The van der Waals surface area contributed by atoms with E-state index in [2.05, 4.69) is 0 Å². The quantitative estimate of drug-likeness (QED) is 0.533. The van der Waals surface area contributed by atoms with E-state index in [1.807, 2.05) is 0 Å². The normalized spacial score (nSPS) is 21.8. The van der Waals surface area contributed by atoms with Gasteiger partial charge in [0.25, 0.3) is 9.24 Å². The van der Waals surface area contributed by atoms with Crippen molar-refractivity contribution in [1.29, 1.82) is 0 Å². The van der Waals surface area contributed by atoms with Crippen molar-refractivity contribution in [1.82, 2.24) is 4.31 Å². The van der Waals surface area contributed by atoms with Gasteiger partial charge in [-0.15, -0.1) is 0 Å². The fourth-order valence-corrected chi connectivity index (χ4v) is 2.70. The summed E-state index contributed by atoms with van der Waals surface area (Å²) in [7, 11) is 3.32. The highest BCUT2D eigenvalue weighted by atomic mass is 35.7. The van der Waals surface area contributed by atoms with Crippen LogP contribution in [0.3, 0.4) is 0 Å². The minimum Gasteiger partial charge on any atom is -0.195 e. The standard InChI is InChI=1S/C8H16ClNO2S/c1-10(13(9,11)12)8-6-4-2-3-5-7-8/h8H,2-7H2,1H3. The average molecular weight is 226 g/mol. The molecule has 0 heterocycles. The lowest BCUT2D eigenvalue weighted by atomic mass is 10.1. The van der Waals surface area contributed by atoms with Crippen LogP contribution in [0.4, 0.5) is 0 Å². The molecular weight excluding hydrogens is 210 g/mol. The number of rotatable bonds is 2. The maximum absolute atomic E-state index is 11.0. The van der Waals surface area contributed by atoms with Crippen molar-refractivity contribution < 1.29 is 8.42 Å². The Labute approximate surface area is 84.6 Å². The predicted molar refractivity (Wildman–Crippen MR) is 54.0 cm³/mol. The van der Waals surface area contributed by atoms with E-state index in [0.29, 0.717) is 0 Å². The van der Waals surface area contributed by atoms with Gasteiger partial charge in [0.2, 0.25) is 0 Å². The van der Waals surface area contributed by atoms with Crippen molar-refractivity contribution in [3.05, 3.63) is 0 Å². The summed E-state index contributed by atoms with van der Waals surface area (Å²) in [5, 5.41) is 0. The predicted octanol–water partition coefficient (Wildman–Crippen LogP) is 2.12. The molecule has 0 spiro atoms. The summed E-state index contributed by atoms with van der Waals surface area (Å²) in [6, 6.07) is 0.116. The van der Waals surface area contributed by atoms with Gasteiger partial charge >= 0.3 is 0 Å². The lowest BCUT2D eigenvalue weighted by molar-refractivity contribution is 0.342. The minimum absolute atomic E-state index is 0.116. The third-order valence-electron chi connectivity index (χ3n) is 2.68. The van der Waals surface area contributed by atoms with Gasteiger partial charge in [-0.3, -0.25) is 0 Å². The second kappa shape index (κ2) is 4.62. The summed E-state index contributed by atoms with van der Waals surface area (Å²) in [6.07, 6.45) is 6.55. The molecule has 1 aliphatic carbocycles. The molecule has 1 aliphatic rings. The van der Waals surface area contributed by atoms with Crippen LogP contribution in [0.2, 0.25) is 0 Å². The van der Waals surface area contributed by atoms with Crippen LogP contribution in [-0.4, -0.2) is 25.8 Å². The maximum Gasteiger partial charge on any atom is 0.299 e. The Morgan fingerprint density at radius 3 is 2.00 bits per heavy atom. The summed E-state index contributed by atoms with van der Waals surface area (Å²) >= 11 is 0. The second-order valence-electron chi connectivity index (χ2n) is 3.60. The van der Waals surface area contributed by atoms with Crippen LogP contribution in [-0.2, 0) is 9.24 Å². The molecule has 0 aromatic carbocycles. The van der Waals surface area contributed by atoms with Crippen LogP contribution >= 0.6 is 10.7 Å². The van der Waals surface area contributed by atoms with E-state index >= 15 is 0 Å². The van der Waals surface area contributed by atoms with Gasteiger partial charge in [-0.25, -0.2) is 0 Å². The van der Waals surface area contributed by atoms with Crippen molar-refractivity contribution in [2.75, 3.05) is 7.05 Å². The minimum atomic E-state index is -3.51. The maximum atomic E-state index is 11.0. The second-order valence-corrected chi connectivity index (χ2v) is 6.17. The molecule has 0 aromatic rings. The Hall–Kier alpha value is 0.200. The molecule has 0 aliphatic heterocycles. The smallest absolute Gasteiger partial charge is 0.195 e. The molecular formula is C8H16ClNO2S. The molecule has 78 valence electrons. The van der Waals surface area contributed by atoms with E-state index in [-0.39, 0.29) is 6.04 Å². The van der Waals surface area contributed by atoms with E-state index in [1.165, 1.54) is 17.1 Å². The van der Waals surface area contributed by atoms with E-state index in [9.17, 15) is 8.42 Å². The summed E-state index contributed by atoms with van der Waals surface area (Å²) in [4.78, 5) is 0. The first kappa shape index (κ1) is 11.3. The van der Waals surface area contributed by atoms with Crippen LogP contribution < -0.4 is 0 Å². The lowest BCUT2D eigenvalue weighted by Crippen LogP contribution is -2.33. The summed E-state index contributed by atoms with van der Waals surface area (Å²) in [5.41, 5.74) is 0. The molecule has 1 fully saturated rings. The number of hydrogen-bond acceptors (Lipinski definition) is 2. The molecule has 1 saturated carbocycles. The third-order valence-corrected chi connectivity index (χ3v) is 4.32. The van der Waals surface area contributed by atoms with Crippen molar-refractivity contribution >= 4 is 19.9 Å². The van der Waals surface area contributed by atoms with Crippen molar-refractivity contribution in [2.24, 2.45) is 0 Å². The lowest BCUT2D eigenvalue weighted by Gasteiger charge is -2.22. The fraction of sp³-hybridized carbons (Fsp3) is 1.00. The summed E-state index contributed by atoms with van der Waals surface area (Å²) < 4.78 is 23.4. The largest absolute Gasteiger partial charge is 0.299 e. The molecule has 0 saturated heterocycles.